The fraction of sp³-hybridized carbons (Fsp3) is 0.706. The number of hydrogen-bond acceptors (Lipinski definition) is 6. The second-order valence-electron chi connectivity index (χ2n) is 7.20. The van der Waals surface area contributed by atoms with Gasteiger partial charge in [-0.1, -0.05) is 11.6 Å². The van der Waals surface area contributed by atoms with Gasteiger partial charge in [-0.2, -0.15) is 5.10 Å². The SMILES string of the molecule is NCCn1ncc(N2CC[C@@H](OC(=O)NC3CCC(F)(F)CC3)C2)c(Cl)c1=O. The Morgan fingerprint density at radius 3 is 2.79 bits per heavy atom. The first-order valence-corrected chi connectivity index (χ1v) is 9.72. The highest BCUT2D eigenvalue weighted by Crippen LogP contribution is 2.33. The molecule has 1 saturated carbocycles. The molecule has 0 aromatic carbocycles. The summed E-state index contributed by atoms with van der Waals surface area (Å²) in [4.78, 5) is 26.1. The number of aromatic nitrogens is 2. The van der Waals surface area contributed by atoms with E-state index in [0.29, 0.717) is 25.2 Å². The van der Waals surface area contributed by atoms with Gasteiger partial charge in [0.1, 0.15) is 11.1 Å². The van der Waals surface area contributed by atoms with Crippen molar-refractivity contribution in [3.05, 3.63) is 21.6 Å². The van der Waals surface area contributed by atoms with Crippen LogP contribution < -0.4 is 21.5 Å². The lowest BCUT2D eigenvalue weighted by Crippen LogP contribution is -2.42. The van der Waals surface area contributed by atoms with Crippen LogP contribution in [0.3, 0.4) is 0 Å². The van der Waals surface area contributed by atoms with Crippen LogP contribution in [0.2, 0.25) is 5.02 Å². The van der Waals surface area contributed by atoms with E-state index in [9.17, 15) is 18.4 Å². The van der Waals surface area contributed by atoms with E-state index in [-0.39, 0.29) is 55.9 Å². The molecule has 28 heavy (non-hydrogen) atoms. The molecular formula is C17H24ClF2N5O3. The van der Waals surface area contributed by atoms with Crippen molar-refractivity contribution >= 4 is 23.4 Å². The third kappa shape index (κ3) is 4.91. The highest BCUT2D eigenvalue weighted by molar-refractivity contribution is 6.33. The van der Waals surface area contributed by atoms with Gasteiger partial charge in [-0.05, 0) is 12.8 Å². The first kappa shape index (κ1) is 20.8. The lowest BCUT2D eigenvalue weighted by molar-refractivity contribution is -0.0406. The summed E-state index contributed by atoms with van der Waals surface area (Å²) in [6, 6.07) is -0.293. The number of nitrogens with two attached hydrogens (primary N) is 1. The average molecular weight is 420 g/mol. The molecule has 2 aliphatic rings. The molecule has 1 amide bonds. The van der Waals surface area contributed by atoms with Crippen LogP contribution in [0.5, 0.6) is 0 Å². The summed E-state index contributed by atoms with van der Waals surface area (Å²) in [6.07, 6.45) is 1.10. The number of halogens is 3. The van der Waals surface area contributed by atoms with Gasteiger partial charge in [0, 0.05) is 38.4 Å². The summed E-state index contributed by atoms with van der Waals surface area (Å²) in [5.41, 5.74) is 5.51. The van der Waals surface area contributed by atoms with Crippen LogP contribution in [-0.2, 0) is 11.3 Å². The first-order chi connectivity index (χ1) is 13.3. The first-order valence-electron chi connectivity index (χ1n) is 9.34. The molecule has 1 atom stereocenters. The largest absolute Gasteiger partial charge is 0.444 e. The molecule has 0 radical (unpaired) electrons. The third-order valence-electron chi connectivity index (χ3n) is 5.11. The van der Waals surface area contributed by atoms with E-state index in [4.69, 9.17) is 22.1 Å². The monoisotopic (exact) mass is 419 g/mol. The van der Waals surface area contributed by atoms with Gasteiger partial charge in [0.05, 0.1) is 25.0 Å². The molecule has 11 heteroatoms. The molecule has 0 spiro atoms. The minimum absolute atomic E-state index is 0.0525. The van der Waals surface area contributed by atoms with Gasteiger partial charge in [-0.15, -0.1) is 0 Å². The average Bonchev–Trinajstić information content (AvgIpc) is 3.09. The number of hydrogen-bond donors (Lipinski definition) is 2. The van der Waals surface area contributed by atoms with E-state index in [0.717, 1.165) is 0 Å². The van der Waals surface area contributed by atoms with Crippen molar-refractivity contribution < 1.29 is 18.3 Å². The molecule has 156 valence electrons. The molecule has 2 heterocycles. The summed E-state index contributed by atoms with van der Waals surface area (Å²) < 4.78 is 33.0. The minimum Gasteiger partial charge on any atom is -0.444 e. The number of anilines is 1. The van der Waals surface area contributed by atoms with Crippen molar-refractivity contribution in [3.8, 4) is 0 Å². The van der Waals surface area contributed by atoms with Crippen LogP contribution in [0.4, 0.5) is 19.3 Å². The Kier molecular flexibility index (Phi) is 6.39. The van der Waals surface area contributed by atoms with Crippen molar-refractivity contribution in [2.45, 2.75) is 56.7 Å². The number of ether oxygens (including phenoxy) is 1. The highest BCUT2D eigenvalue weighted by atomic mass is 35.5. The van der Waals surface area contributed by atoms with E-state index < -0.39 is 17.6 Å². The number of nitrogens with one attached hydrogen (secondary N) is 1. The zero-order chi connectivity index (χ0) is 20.3. The van der Waals surface area contributed by atoms with Crippen LogP contribution >= 0.6 is 11.6 Å². The Bertz CT molecular complexity index is 766. The Balaban J connectivity index is 1.52. The number of rotatable bonds is 5. The van der Waals surface area contributed by atoms with Crippen molar-refractivity contribution in [2.24, 2.45) is 5.73 Å². The van der Waals surface area contributed by atoms with E-state index in [1.807, 2.05) is 4.90 Å². The predicted molar refractivity (Wildman–Crippen MR) is 100.0 cm³/mol. The number of alkyl carbamates (subject to hydrolysis) is 1. The quantitative estimate of drug-likeness (QED) is 0.753. The Labute approximate surface area is 166 Å². The number of carbonyl (C=O) groups excluding carboxylic acids is 1. The van der Waals surface area contributed by atoms with Gasteiger partial charge in [-0.25, -0.2) is 18.3 Å². The van der Waals surface area contributed by atoms with Gasteiger partial charge in [-0.3, -0.25) is 4.79 Å². The standard InChI is InChI=1S/C17H24ClF2N5O3/c18-14-13(9-22-25(8-6-21)15(14)26)24-7-3-12(10-24)28-16(27)23-11-1-4-17(19,20)5-2-11/h9,11-12H,1-8,10,21H2,(H,23,27)/t12-/m1/s1. The molecular weight excluding hydrogens is 396 g/mol. The van der Waals surface area contributed by atoms with Crippen LogP contribution in [0.15, 0.2) is 11.0 Å². The summed E-state index contributed by atoms with van der Waals surface area (Å²) in [5.74, 6) is -2.64. The van der Waals surface area contributed by atoms with Gasteiger partial charge < -0.3 is 20.7 Å². The Morgan fingerprint density at radius 2 is 2.11 bits per heavy atom. The summed E-state index contributed by atoms with van der Waals surface area (Å²) in [6.45, 7) is 1.47. The second kappa shape index (κ2) is 8.60. The van der Waals surface area contributed by atoms with E-state index >= 15 is 0 Å². The van der Waals surface area contributed by atoms with Gasteiger partial charge in [0.25, 0.3) is 5.56 Å². The van der Waals surface area contributed by atoms with Crippen molar-refractivity contribution in [3.63, 3.8) is 0 Å². The molecule has 8 nitrogen and oxygen atoms in total. The topological polar surface area (TPSA) is 102 Å². The fourth-order valence-electron chi connectivity index (χ4n) is 3.54. The normalized spacial score (nSPS) is 22.3. The van der Waals surface area contributed by atoms with E-state index in [1.54, 1.807) is 0 Å². The maximum Gasteiger partial charge on any atom is 0.407 e. The molecule has 1 saturated heterocycles. The van der Waals surface area contributed by atoms with Crippen molar-refractivity contribution in [2.75, 3.05) is 24.5 Å². The van der Waals surface area contributed by atoms with Crippen LogP contribution in [0.25, 0.3) is 0 Å². The second-order valence-corrected chi connectivity index (χ2v) is 7.58. The number of alkyl halides is 2. The minimum atomic E-state index is -2.64. The molecule has 0 bridgehead atoms. The summed E-state index contributed by atoms with van der Waals surface area (Å²) in [5, 5.41) is 6.78. The molecule has 3 N–H and O–H groups in total. The van der Waals surface area contributed by atoms with Gasteiger partial charge in [0.2, 0.25) is 5.92 Å². The molecule has 1 aliphatic carbocycles. The molecule has 1 aliphatic heterocycles. The van der Waals surface area contributed by atoms with E-state index in [2.05, 4.69) is 10.4 Å². The molecule has 1 aromatic heterocycles. The van der Waals surface area contributed by atoms with Gasteiger partial charge >= 0.3 is 6.09 Å². The number of nitrogens with zero attached hydrogens (tertiary/aromatic N) is 3. The fourth-order valence-corrected chi connectivity index (χ4v) is 3.80. The molecule has 0 unspecified atom stereocenters. The summed E-state index contributed by atoms with van der Waals surface area (Å²) >= 11 is 6.18. The number of amides is 1. The maximum absolute atomic E-state index is 13.2. The molecule has 2 fully saturated rings. The van der Waals surface area contributed by atoms with Gasteiger partial charge in [0.15, 0.2) is 0 Å². The zero-order valence-electron chi connectivity index (χ0n) is 15.4. The van der Waals surface area contributed by atoms with Crippen molar-refractivity contribution in [1.82, 2.24) is 15.1 Å². The lowest BCUT2D eigenvalue weighted by atomic mass is 9.92. The van der Waals surface area contributed by atoms with E-state index in [1.165, 1.54) is 10.9 Å². The smallest absolute Gasteiger partial charge is 0.407 e. The maximum atomic E-state index is 13.2. The van der Waals surface area contributed by atoms with Crippen molar-refractivity contribution in [1.29, 1.82) is 0 Å². The van der Waals surface area contributed by atoms with Crippen LogP contribution in [-0.4, -0.2) is 53.6 Å². The molecule has 3 rings (SSSR count). The van der Waals surface area contributed by atoms with Crippen LogP contribution in [0, 0.1) is 0 Å². The molecule has 1 aromatic rings. The Hall–Kier alpha value is -1.94. The third-order valence-corrected chi connectivity index (χ3v) is 5.46. The predicted octanol–water partition coefficient (Wildman–Crippen LogP) is 1.74. The highest BCUT2D eigenvalue weighted by Gasteiger charge is 2.36. The lowest BCUT2D eigenvalue weighted by Gasteiger charge is -2.28. The summed E-state index contributed by atoms with van der Waals surface area (Å²) in [7, 11) is 0. The zero-order valence-corrected chi connectivity index (χ0v) is 16.1. The Morgan fingerprint density at radius 1 is 1.39 bits per heavy atom. The van der Waals surface area contributed by atoms with Crippen LogP contribution in [0.1, 0.15) is 32.1 Å². The number of carbonyl (C=O) groups is 1.